The molecule has 0 spiro atoms. The molecule has 0 aliphatic carbocycles. The van der Waals surface area contributed by atoms with Gasteiger partial charge in [-0.2, -0.15) is 5.10 Å². The summed E-state index contributed by atoms with van der Waals surface area (Å²) in [4.78, 5) is 25.4. The Morgan fingerprint density at radius 2 is 2.09 bits per heavy atom. The second-order valence-corrected chi connectivity index (χ2v) is 8.51. The number of likely N-dealkylation sites (tertiary alicyclic amines) is 1. The fourth-order valence-electron chi connectivity index (χ4n) is 3.32. The molecule has 0 aromatic carbocycles. The summed E-state index contributed by atoms with van der Waals surface area (Å²) in [7, 11) is -3.01. The van der Waals surface area contributed by atoms with Crippen LogP contribution in [0.1, 0.15) is 34.9 Å². The van der Waals surface area contributed by atoms with Gasteiger partial charge in [0.25, 0.3) is 5.91 Å². The second-order valence-electron chi connectivity index (χ2n) is 6.28. The topological polar surface area (TPSA) is 115 Å². The first-order valence-corrected chi connectivity index (χ1v) is 9.44. The summed E-state index contributed by atoms with van der Waals surface area (Å²) in [6, 6.07) is -0.210. The van der Waals surface area contributed by atoms with E-state index in [1.54, 1.807) is 16.5 Å². The van der Waals surface area contributed by atoms with Crippen LogP contribution in [0.5, 0.6) is 0 Å². The number of carbonyl (C=O) groups is 2. The van der Waals surface area contributed by atoms with Gasteiger partial charge in [0.05, 0.1) is 35.2 Å². The van der Waals surface area contributed by atoms with Crippen LogP contribution in [0.2, 0.25) is 0 Å². The monoisotopic (exact) mass is 340 g/mol. The molecule has 0 unspecified atom stereocenters. The number of hydrogen-bond acceptors (Lipinski definition) is 5. The molecule has 2 N–H and O–H groups in total. The fraction of sp³-hybridized carbons (Fsp3) is 0.643. The number of hydrogen-bond donors (Lipinski definition) is 1. The van der Waals surface area contributed by atoms with E-state index >= 15 is 0 Å². The average molecular weight is 340 g/mol. The molecule has 23 heavy (non-hydrogen) atoms. The normalized spacial score (nSPS) is 26.6. The van der Waals surface area contributed by atoms with E-state index in [-0.39, 0.29) is 35.3 Å². The molecule has 0 radical (unpaired) electrons. The molecular formula is C14H20N4O4S. The van der Waals surface area contributed by atoms with Gasteiger partial charge in [0.2, 0.25) is 5.91 Å². The first kappa shape index (κ1) is 16.0. The summed E-state index contributed by atoms with van der Waals surface area (Å²) in [5.41, 5.74) is 6.41. The Morgan fingerprint density at radius 1 is 1.35 bits per heavy atom. The number of nitrogens with two attached hydrogens (primary N) is 1. The Balaban J connectivity index is 1.77. The van der Waals surface area contributed by atoms with E-state index in [0.29, 0.717) is 37.2 Å². The lowest BCUT2D eigenvalue weighted by Crippen LogP contribution is -2.32. The Labute approximate surface area is 134 Å². The van der Waals surface area contributed by atoms with Gasteiger partial charge in [-0.25, -0.2) is 8.42 Å². The number of sulfone groups is 1. The highest BCUT2D eigenvalue weighted by atomic mass is 32.2. The third-order valence-corrected chi connectivity index (χ3v) is 6.46. The molecule has 2 aliphatic heterocycles. The maximum absolute atomic E-state index is 12.6. The summed E-state index contributed by atoms with van der Waals surface area (Å²) in [5.74, 6) is -0.639. The van der Waals surface area contributed by atoms with Gasteiger partial charge < -0.3 is 10.6 Å². The minimum atomic E-state index is -3.01. The number of amides is 2. The summed E-state index contributed by atoms with van der Waals surface area (Å²) in [6.45, 7) is 2.60. The fourth-order valence-corrected chi connectivity index (χ4v) is 5.01. The highest BCUT2D eigenvalue weighted by molar-refractivity contribution is 7.91. The third kappa shape index (κ3) is 2.97. The van der Waals surface area contributed by atoms with Crippen molar-refractivity contribution in [2.45, 2.75) is 25.8 Å². The predicted molar refractivity (Wildman–Crippen MR) is 82.5 cm³/mol. The SMILES string of the molecule is Cc1c(C(=O)N2CC[C@@H](C(N)=O)C2)cnn1[C@H]1CCS(=O)(=O)C1. The molecule has 0 saturated carbocycles. The van der Waals surface area contributed by atoms with E-state index in [1.807, 2.05) is 0 Å². The van der Waals surface area contributed by atoms with Crippen molar-refractivity contribution >= 4 is 21.7 Å². The van der Waals surface area contributed by atoms with Crippen LogP contribution in [0, 0.1) is 12.8 Å². The summed E-state index contributed by atoms with van der Waals surface area (Å²) < 4.78 is 24.9. The summed E-state index contributed by atoms with van der Waals surface area (Å²) in [6.07, 6.45) is 2.58. The van der Waals surface area contributed by atoms with Crippen molar-refractivity contribution in [3.63, 3.8) is 0 Å². The molecule has 126 valence electrons. The van der Waals surface area contributed by atoms with Crippen LogP contribution in [0.4, 0.5) is 0 Å². The van der Waals surface area contributed by atoms with Gasteiger partial charge >= 0.3 is 0 Å². The summed E-state index contributed by atoms with van der Waals surface area (Å²) >= 11 is 0. The van der Waals surface area contributed by atoms with Gasteiger partial charge in [-0.3, -0.25) is 14.3 Å². The molecule has 9 heteroatoms. The van der Waals surface area contributed by atoms with Crippen LogP contribution in [-0.4, -0.2) is 59.5 Å². The number of nitrogens with zero attached hydrogens (tertiary/aromatic N) is 3. The molecule has 0 bridgehead atoms. The van der Waals surface area contributed by atoms with Gasteiger partial charge in [-0.15, -0.1) is 0 Å². The molecule has 1 aromatic rings. The van der Waals surface area contributed by atoms with Gasteiger partial charge in [0.15, 0.2) is 9.84 Å². The molecule has 2 saturated heterocycles. The summed E-state index contributed by atoms with van der Waals surface area (Å²) in [5, 5.41) is 4.22. The van der Waals surface area contributed by atoms with Gasteiger partial charge in [0, 0.05) is 18.8 Å². The zero-order chi connectivity index (χ0) is 16.8. The molecule has 1 aromatic heterocycles. The van der Waals surface area contributed by atoms with Crippen LogP contribution in [0.3, 0.4) is 0 Å². The van der Waals surface area contributed by atoms with E-state index in [2.05, 4.69) is 5.10 Å². The Hall–Kier alpha value is -1.90. The standard InChI is InChI=1S/C14H20N4O4S/c1-9-12(14(20)17-4-2-10(7-17)13(15)19)6-16-18(9)11-3-5-23(21,22)8-11/h6,10-11H,2-5,7-8H2,1H3,(H2,15,19)/t10-,11+/m1/s1. The van der Waals surface area contributed by atoms with Crippen molar-refractivity contribution in [1.82, 2.24) is 14.7 Å². The number of carbonyl (C=O) groups excluding carboxylic acids is 2. The number of rotatable bonds is 3. The zero-order valence-corrected chi connectivity index (χ0v) is 13.8. The van der Waals surface area contributed by atoms with Crippen LogP contribution < -0.4 is 5.73 Å². The van der Waals surface area contributed by atoms with Crippen molar-refractivity contribution < 1.29 is 18.0 Å². The average Bonchev–Trinajstić information content (AvgIpc) is 3.16. The molecule has 2 aliphatic rings. The number of aromatic nitrogens is 2. The van der Waals surface area contributed by atoms with Gasteiger partial charge in [-0.05, 0) is 19.8 Å². The molecule has 3 heterocycles. The quantitative estimate of drug-likeness (QED) is 0.796. The molecule has 2 fully saturated rings. The van der Waals surface area contributed by atoms with Crippen LogP contribution >= 0.6 is 0 Å². The lowest BCUT2D eigenvalue weighted by atomic mass is 10.1. The molecule has 2 atom stereocenters. The van der Waals surface area contributed by atoms with Crippen molar-refractivity contribution in [3.8, 4) is 0 Å². The first-order valence-electron chi connectivity index (χ1n) is 7.61. The molecule has 8 nitrogen and oxygen atoms in total. The first-order chi connectivity index (χ1) is 10.8. The minimum Gasteiger partial charge on any atom is -0.369 e. The van der Waals surface area contributed by atoms with E-state index in [0.717, 1.165) is 0 Å². The Kier molecular flexibility index (Phi) is 3.91. The Bertz CT molecular complexity index is 755. The minimum absolute atomic E-state index is 0.0661. The highest BCUT2D eigenvalue weighted by Crippen LogP contribution is 2.26. The van der Waals surface area contributed by atoms with E-state index in [1.165, 1.54) is 6.20 Å². The van der Waals surface area contributed by atoms with Crippen molar-refractivity contribution in [2.75, 3.05) is 24.6 Å². The van der Waals surface area contributed by atoms with Gasteiger partial charge in [-0.1, -0.05) is 0 Å². The molecule has 3 rings (SSSR count). The van der Waals surface area contributed by atoms with Gasteiger partial charge in [0.1, 0.15) is 0 Å². The predicted octanol–water partition coefficient (Wildman–Crippen LogP) is -0.501. The van der Waals surface area contributed by atoms with Crippen molar-refractivity contribution in [1.29, 1.82) is 0 Å². The molecular weight excluding hydrogens is 320 g/mol. The van der Waals surface area contributed by atoms with Crippen LogP contribution in [0.25, 0.3) is 0 Å². The Morgan fingerprint density at radius 3 is 2.65 bits per heavy atom. The lowest BCUT2D eigenvalue weighted by molar-refractivity contribution is -0.121. The zero-order valence-electron chi connectivity index (χ0n) is 12.9. The van der Waals surface area contributed by atoms with E-state index in [9.17, 15) is 18.0 Å². The van der Waals surface area contributed by atoms with Crippen molar-refractivity contribution in [2.24, 2.45) is 11.7 Å². The smallest absolute Gasteiger partial charge is 0.257 e. The second kappa shape index (κ2) is 5.63. The highest BCUT2D eigenvalue weighted by Gasteiger charge is 2.34. The van der Waals surface area contributed by atoms with E-state index in [4.69, 9.17) is 5.73 Å². The lowest BCUT2D eigenvalue weighted by Gasteiger charge is -2.16. The van der Waals surface area contributed by atoms with Crippen LogP contribution in [-0.2, 0) is 14.6 Å². The van der Waals surface area contributed by atoms with Crippen LogP contribution in [0.15, 0.2) is 6.20 Å². The number of primary amides is 1. The maximum atomic E-state index is 12.6. The maximum Gasteiger partial charge on any atom is 0.257 e. The molecule has 2 amide bonds. The third-order valence-electron chi connectivity index (χ3n) is 4.71. The largest absolute Gasteiger partial charge is 0.369 e. The van der Waals surface area contributed by atoms with Crippen molar-refractivity contribution in [3.05, 3.63) is 17.5 Å². The van der Waals surface area contributed by atoms with E-state index < -0.39 is 9.84 Å².